The van der Waals surface area contributed by atoms with Gasteiger partial charge in [0.05, 0.1) is 11.9 Å². The van der Waals surface area contributed by atoms with Gasteiger partial charge in [0.1, 0.15) is 0 Å². The number of amides is 1. The number of nitrogens with zero attached hydrogens (tertiary/aromatic N) is 2. The lowest BCUT2D eigenvalue weighted by Crippen LogP contribution is -2.33. The Labute approximate surface area is 148 Å². The molecule has 1 amide bonds. The predicted molar refractivity (Wildman–Crippen MR) is 95.4 cm³/mol. The van der Waals surface area contributed by atoms with E-state index in [1.165, 1.54) is 24.6 Å². The van der Waals surface area contributed by atoms with E-state index in [-0.39, 0.29) is 5.91 Å². The number of hydrogen-bond donors (Lipinski definition) is 0. The fourth-order valence-corrected chi connectivity index (χ4v) is 3.58. The molecule has 122 valence electrons. The highest BCUT2D eigenvalue weighted by Gasteiger charge is 2.17. The molecule has 6 heteroatoms. The van der Waals surface area contributed by atoms with Crippen molar-refractivity contribution in [3.63, 3.8) is 0 Å². The van der Waals surface area contributed by atoms with Crippen LogP contribution in [0.5, 0.6) is 0 Å². The van der Waals surface area contributed by atoms with E-state index in [4.69, 9.17) is 4.42 Å². The van der Waals surface area contributed by atoms with E-state index in [1.807, 2.05) is 29.2 Å². The van der Waals surface area contributed by atoms with Crippen LogP contribution in [0.25, 0.3) is 11.3 Å². The van der Waals surface area contributed by atoms with Crippen LogP contribution >= 0.6 is 27.7 Å². The second kappa shape index (κ2) is 8.02. The number of carbonyl (C=O) groups is 1. The summed E-state index contributed by atoms with van der Waals surface area (Å²) >= 11 is 4.78. The molecule has 0 radical (unpaired) electrons. The molecule has 4 nitrogen and oxygen atoms in total. The molecule has 0 saturated carbocycles. The Hall–Kier alpha value is -1.27. The number of halogens is 1. The summed E-state index contributed by atoms with van der Waals surface area (Å²) in [5, 5.41) is 0.547. The summed E-state index contributed by atoms with van der Waals surface area (Å²) in [5.41, 5.74) is 0.978. The number of rotatable bonds is 4. The summed E-state index contributed by atoms with van der Waals surface area (Å²) < 4.78 is 6.76. The maximum absolute atomic E-state index is 12.3. The van der Waals surface area contributed by atoms with Crippen LogP contribution in [0, 0.1) is 0 Å². The predicted octanol–water partition coefficient (Wildman–Crippen LogP) is 4.60. The molecular weight excluding hydrogens is 376 g/mol. The minimum absolute atomic E-state index is 0.181. The monoisotopic (exact) mass is 394 g/mol. The van der Waals surface area contributed by atoms with Crippen LogP contribution in [0.4, 0.5) is 0 Å². The number of benzene rings is 1. The fourth-order valence-electron chi connectivity index (χ4n) is 2.61. The zero-order chi connectivity index (χ0) is 16.1. The smallest absolute Gasteiger partial charge is 0.256 e. The molecule has 0 bridgehead atoms. The minimum atomic E-state index is 0.181. The van der Waals surface area contributed by atoms with Gasteiger partial charge in [0.15, 0.2) is 5.76 Å². The molecular formula is C17H19BrN2O2S. The SMILES string of the molecule is O=C(CSc1ncc(-c2ccc(Br)cc2)o1)N1CCCCCC1. The van der Waals surface area contributed by atoms with Gasteiger partial charge in [-0.3, -0.25) is 4.79 Å². The highest BCUT2D eigenvalue weighted by atomic mass is 79.9. The van der Waals surface area contributed by atoms with E-state index in [2.05, 4.69) is 20.9 Å². The Kier molecular flexibility index (Phi) is 5.78. The van der Waals surface area contributed by atoms with Gasteiger partial charge in [0, 0.05) is 23.1 Å². The normalized spacial score (nSPS) is 15.4. The van der Waals surface area contributed by atoms with Crippen molar-refractivity contribution in [1.29, 1.82) is 0 Å². The average molecular weight is 395 g/mol. The number of likely N-dealkylation sites (tertiary alicyclic amines) is 1. The van der Waals surface area contributed by atoms with Crippen molar-refractivity contribution in [3.05, 3.63) is 34.9 Å². The van der Waals surface area contributed by atoms with E-state index in [9.17, 15) is 4.79 Å². The average Bonchev–Trinajstić information content (AvgIpc) is 2.86. The number of thioether (sulfide) groups is 1. The summed E-state index contributed by atoms with van der Waals surface area (Å²) in [5.74, 6) is 1.29. The molecule has 1 aromatic heterocycles. The van der Waals surface area contributed by atoms with E-state index in [0.29, 0.717) is 11.0 Å². The van der Waals surface area contributed by atoms with E-state index >= 15 is 0 Å². The minimum Gasteiger partial charge on any atom is -0.431 e. The maximum atomic E-state index is 12.3. The highest BCUT2D eigenvalue weighted by molar-refractivity contribution is 9.10. The molecule has 1 fully saturated rings. The molecule has 1 saturated heterocycles. The van der Waals surface area contributed by atoms with Crippen LogP contribution in [0.3, 0.4) is 0 Å². The van der Waals surface area contributed by atoms with Gasteiger partial charge in [-0.05, 0) is 25.0 Å². The first kappa shape index (κ1) is 16.6. The Morgan fingerprint density at radius 3 is 2.57 bits per heavy atom. The second-order valence-corrected chi connectivity index (χ2v) is 7.42. The summed E-state index contributed by atoms with van der Waals surface area (Å²) in [6.45, 7) is 1.77. The topological polar surface area (TPSA) is 46.3 Å². The van der Waals surface area contributed by atoms with Crippen LogP contribution in [0.15, 0.2) is 44.6 Å². The number of oxazole rings is 1. The van der Waals surface area contributed by atoms with Crippen molar-refractivity contribution in [2.75, 3.05) is 18.8 Å². The summed E-state index contributed by atoms with van der Waals surface area (Å²) in [6, 6.07) is 7.88. The molecule has 0 N–H and O–H groups in total. The van der Waals surface area contributed by atoms with E-state index in [0.717, 1.165) is 41.7 Å². The fraction of sp³-hybridized carbons (Fsp3) is 0.412. The van der Waals surface area contributed by atoms with Gasteiger partial charge < -0.3 is 9.32 Å². The van der Waals surface area contributed by atoms with Gasteiger partial charge in [0.25, 0.3) is 5.22 Å². The van der Waals surface area contributed by atoms with E-state index < -0.39 is 0 Å². The highest BCUT2D eigenvalue weighted by Crippen LogP contribution is 2.26. The van der Waals surface area contributed by atoms with Gasteiger partial charge in [-0.1, -0.05) is 52.7 Å². The quantitative estimate of drug-likeness (QED) is 0.710. The Morgan fingerprint density at radius 1 is 1.17 bits per heavy atom. The molecule has 2 aromatic rings. The van der Waals surface area contributed by atoms with Gasteiger partial charge in [-0.15, -0.1) is 0 Å². The van der Waals surface area contributed by atoms with Crippen molar-refractivity contribution >= 4 is 33.6 Å². The van der Waals surface area contributed by atoms with Crippen LogP contribution in [-0.2, 0) is 4.79 Å². The second-order valence-electron chi connectivity index (χ2n) is 5.58. The summed E-state index contributed by atoms with van der Waals surface area (Å²) in [6.07, 6.45) is 6.40. The van der Waals surface area contributed by atoms with Crippen molar-refractivity contribution in [3.8, 4) is 11.3 Å². The third-order valence-corrected chi connectivity index (χ3v) is 5.25. The van der Waals surface area contributed by atoms with Crippen LogP contribution in [0.1, 0.15) is 25.7 Å². The Morgan fingerprint density at radius 2 is 1.87 bits per heavy atom. The standard InChI is InChI=1S/C17H19BrN2O2S/c18-14-7-5-13(6-8-14)15-11-19-17(22-15)23-12-16(21)20-9-3-1-2-4-10-20/h5-8,11H,1-4,9-10,12H2. The maximum Gasteiger partial charge on any atom is 0.256 e. The van der Waals surface area contributed by atoms with Crippen molar-refractivity contribution in [1.82, 2.24) is 9.88 Å². The molecule has 0 spiro atoms. The van der Waals surface area contributed by atoms with E-state index in [1.54, 1.807) is 6.20 Å². The first-order valence-corrected chi connectivity index (χ1v) is 9.62. The van der Waals surface area contributed by atoms with Gasteiger partial charge in [-0.2, -0.15) is 0 Å². The summed E-state index contributed by atoms with van der Waals surface area (Å²) in [7, 11) is 0. The molecule has 23 heavy (non-hydrogen) atoms. The molecule has 2 heterocycles. The lowest BCUT2D eigenvalue weighted by Gasteiger charge is -2.19. The molecule has 0 unspecified atom stereocenters. The van der Waals surface area contributed by atoms with Crippen LogP contribution in [-0.4, -0.2) is 34.6 Å². The molecule has 1 aliphatic heterocycles. The van der Waals surface area contributed by atoms with Gasteiger partial charge in [-0.25, -0.2) is 4.98 Å². The van der Waals surface area contributed by atoms with Crippen molar-refractivity contribution in [2.24, 2.45) is 0 Å². The molecule has 0 atom stereocenters. The van der Waals surface area contributed by atoms with Crippen LogP contribution < -0.4 is 0 Å². The van der Waals surface area contributed by atoms with Crippen LogP contribution in [0.2, 0.25) is 0 Å². The first-order chi connectivity index (χ1) is 11.2. The van der Waals surface area contributed by atoms with Gasteiger partial charge >= 0.3 is 0 Å². The summed E-state index contributed by atoms with van der Waals surface area (Å²) in [4.78, 5) is 18.5. The first-order valence-electron chi connectivity index (χ1n) is 7.85. The number of aromatic nitrogens is 1. The molecule has 1 aliphatic rings. The zero-order valence-electron chi connectivity index (χ0n) is 12.8. The number of hydrogen-bond acceptors (Lipinski definition) is 4. The third-order valence-electron chi connectivity index (χ3n) is 3.89. The number of carbonyl (C=O) groups excluding carboxylic acids is 1. The molecule has 3 rings (SSSR count). The lowest BCUT2D eigenvalue weighted by molar-refractivity contribution is -0.128. The Bertz CT molecular complexity index is 649. The molecule has 1 aromatic carbocycles. The largest absolute Gasteiger partial charge is 0.431 e. The third kappa shape index (κ3) is 4.61. The Balaban J connectivity index is 1.56. The van der Waals surface area contributed by atoms with Crippen molar-refractivity contribution in [2.45, 2.75) is 30.9 Å². The van der Waals surface area contributed by atoms with Crippen molar-refractivity contribution < 1.29 is 9.21 Å². The molecule has 0 aliphatic carbocycles. The lowest BCUT2D eigenvalue weighted by atomic mass is 10.2. The zero-order valence-corrected chi connectivity index (χ0v) is 15.2. The van der Waals surface area contributed by atoms with Gasteiger partial charge in [0.2, 0.25) is 5.91 Å².